The van der Waals surface area contributed by atoms with Crippen molar-refractivity contribution in [2.75, 3.05) is 0 Å². The number of allylic oxidation sites excluding steroid dienone is 1. The summed E-state index contributed by atoms with van der Waals surface area (Å²) in [6.45, 7) is 7.54. The highest BCUT2D eigenvalue weighted by atomic mass is 32.1. The number of fused-ring (bicyclic) bond motifs is 3. The quantitative estimate of drug-likeness (QED) is 0.381. The molecule has 3 aromatic heterocycles. The fourth-order valence-corrected chi connectivity index (χ4v) is 3.69. The average Bonchev–Trinajstić information content (AvgIpc) is 3.05. The maximum atomic E-state index is 8.35. The number of aryl methyl sites for hydroxylation is 1. The Hall–Kier alpha value is -2.59. The highest BCUT2D eigenvalue weighted by Crippen LogP contribution is 2.34. The number of pyridine rings is 2. The zero-order chi connectivity index (χ0) is 21.7. The van der Waals surface area contributed by atoms with E-state index in [1.807, 2.05) is 70.2 Å². The van der Waals surface area contributed by atoms with Crippen LogP contribution in [0.15, 0.2) is 58.0 Å². The van der Waals surface area contributed by atoms with E-state index < -0.39 is 11.8 Å². The third kappa shape index (κ3) is 3.83. The molecule has 0 N–H and O–H groups in total. The van der Waals surface area contributed by atoms with Crippen LogP contribution in [-0.4, -0.2) is 9.97 Å². The number of thiol groups is 1. The fourth-order valence-electron chi connectivity index (χ4n) is 3.20. The molecule has 0 saturated heterocycles. The van der Waals surface area contributed by atoms with Gasteiger partial charge in [-0.3, -0.25) is 4.98 Å². The van der Waals surface area contributed by atoms with Gasteiger partial charge in [0, 0.05) is 31.0 Å². The largest absolute Gasteiger partial charge is 0.437 e. The Kier molecular flexibility index (Phi) is 4.15. The van der Waals surface area contributed by atoms with Crippen LogP contribution in [0, 0.1) is 12.3 Å². The summed E-state index contributed by atoms with van der Waals surface area (Å²) in [6, 6.07) is 13.9. The number of para-hydroxylation sites is 1. The Morgan fingerprint density at radius 1 is 1.14 bits per heavy atom. The number of hydrogen-bond donors (Lipinski definition) is 1. The topological polar surface area (TPSA) is 38.9 Å². The highest BCUT2D eigenvalue weighted by Gasteiger charge is 2.14. The average molecular weight is 391 g/mol. The molecule has 0 radical (unpaired) electrons. The zero-order valence-electron chi connectivity index (χ0n) is 18.4. The molecule has 0 bridgehead atoms. The second-order valence-corrected chi connectivity index (χ2v) is 8.45. The van der Waals surface area contributed by atoms with Gasteiger partial charge < -0.3 is 4.42 Å². The molecule has 0 aliphatic carbocycles. The molecule has 4 rings (SSSR count). The lowest BCUT2D eigenvalue weighted by Gasteiger charge is -2.17. The number of aromatic nitrogens is 2. The molecule has 3 heterocycles. The normalized spacial score (nSPS) is 14.4. The molecule has 0 fully saturated rings. The van der Waals surface area contributed by atoms with Crippen molar-refractivity contribution in [1.29, 1.82) is 0 Å². The van der Waals surface area contributed by atoms with E-state index in [4.69, 9.17) is 7.16 Å². The van der Waals surface area contributed by atoms with Crippen molar-refractivity contribution in [2.24, 2.45) is 5.41 Å². The van der Waals surface area contributed by atoms with E-state index in [0.717, 1.165) is 38.9 Å². The molecule has 3 nitrogen and oxygen atoms in total. The minimum atomic E-state index is -1.54. The van der Waals surface area contributed by atoms with E-state index in [0.29, 0.717) is 10.6 Å². The van der Waals surface area contributed by atoms with Crippen LogP contribution in [0.3, 0.4) is 0 Å². The van der Waals surface area contributed by atoms with Gasteiger partial charge in [0.15, 0.2) is 0 Å². The molecule has 0 aliphatic rings. The Bertz CT molecular complexity index is 1270. The van der Waals surface area contributed by atoms with E-state index in [9.17, 15) is 0 Å². The van der Waals surface area contributed by atoms with Crippen molar-refractivity contribution in [2.45, 2.75) is 34.1 Å². The SMILES string of the molecule is [2H]C([2H])(/C(S)=C/c1ccc(-c2cccc3c2oc2nc(C)ccc23)nc1)C(C)(C)C. The van der Waals surface area contributed by atoms with Gasteiger partial charge in [0.1, 0.15) is 5.58 Å². The van der Waals surface area contributed by atoms with Crippen LogP contribution in [0.1, 0.15) is 41.1 Å². The number of benzene rings is 1. The maximum absolute atomic E-state index is 8.35. The van der Waals surface area contributed by atoms with Crippen molar-refractivity contribution in [3.8, 4) is 11.3 Å². The van der Waals surface area contributed by atoms with Crippen LogP contribution in [0.4, 0.5) is 0 Å². The second kappa shape index (κ2) is 7.10. The van der Waals surface area contributed by atoms with Gasteiger partial charge in [-0.2, -0.15) is 0 Å². The van der Waals surface area contributed by atoms with Crippen LogP contribution >= 0.6 is 12.6 Å². The van der Waals surface area contributed by atoms with Crippen molar-refractivity contribution >= 4 is 40.8 Å². The fraction of sp³-hybridized carbons (Fsp3) is 0.250. The number of rotatable bonds is 3. The first-order valence-electron chi connectivity index (χ1n) is 10.2. The molecule has 28 heavy (non-hydrogen) atoms. The van der Waals surface area contributed by atoms with Crippen molar-refractivity contribution < 1.29 is 7.16 Å². The molecule has 4 aromatic rings. The van der Waals surface area contributed by atoms with Gasteiger partial charge in [0.2, 0.25) is 5.71 Å². The lowest BCUT2D eigenvalue weighted by Crippen LogP contribution is -2.04. The Morgan fingerprint density at radius 3 is 2.68 bits per heavy atom. The molecule has 0 aliphatic heterocycles. The Balaban J connectivity index is 1.74. The summed E-state index contributed by atoms with van der Waals surface area (Å²) in [5.74, 6) is 0. The first-order valence-corrected chi connectivity index (χ1v) is 9.69. The summed E-state index contributed by atoms with van der Waals surface area (Å²) < 4.78 is 22.8. The minimum absolute atomic E-state index is 0.380. The van der Waals surface area contributed by atoms with E-state index in [-0.39, 0.29) is 0 Å². The van der Waals surface area contributed by atoms with Gasteiger partial charge in [0.05, 0.1) is 5.69 Å². The van der Waals surface area contributed by atoms with Gasteiger partial charge in [-0.1, -0.05) is 39.0 Å². The van der Waals surface area contributed by atoms with E-state index >= 15 is 0 Å². The molecule has 0 amide bonds. The van der Waals surface area contributed by atoms with Crippen LogP contribution in [-0.2, 0) is 0 Å². The van der Waals surface area contributed by atoms with E-state index in [1.165, 1.54) is 0 Å². The summed E-state index contributed by atoms with van der Waals surface area (Å²) in [7, 11) is 0. The zero-order valence-corrected chi connectivity index (χ0v) is 17.3. The lowest BCUT2D eigenvalue weighted by atomic mass is 9.92. The smallest absolute Gasteiger partial charge is 0.227 e. The predicted octanol–water partition coefficient (Wildman–Crippen LogP) is 7.06. The molecule has 1 aromatic carbocycles. The van der Waals surface area contributed by atoms with Crippen molar-refractivity contribution in [1.82, 2.24) is 9.97 Å². The first kappa shape index (κ1) is 16.4. The van der Waals surface area contributed by atoms with Crippen LogP contribution in [0.2, 0.25) is 0 Å². The van der Waals surface area contributed by atoms with E-state index in [1.54, 1.807) is 12.3 Å². The number of nitrogens with zero attached hydrogens (tertiary/aromatic N) is 2. The minimum Gasteiger partial charge on any atom is -0.437 e. The molecule has 4 heteroatoms. The summed E-state index contributed by atoms with van der Waals surface area (Å²) >= 11 is 4.43. The third-order valence-electron chi connectivity index (χ3n) is 4.37. The summed E-state index contributed by atoms with van der Waals surface area (Å²) in [4.78, 5) is 9.48. The molecular weight excluding hydrogens is 364 g/mol. The van der Waals surface area contributed by atoms with Crippen molar-refractivity contribution in [3.63, 3.8) is 0 Å². The molecule has 0 spiro atoms. The maximum Gasteiger partial charge on any atom is 0.227 e. The van der Waals surface area contributed by atoms with Crippen LogP contribution in [0.5, 0.6) is 0 Å². The van der Waals surface area contributed by atoms with Gasteiger partial charge in [-0.25, -0.2) is 4.98 Å². The van der Waals surface area contributed by atoms with Crippen molar-refractivity contribution in [3.05, 3.63) is 64.8 Å². The number of furan rings is 1. The predicted molar refractivity (Wildman–Crippen MR) is 121 cm³/mol. The lowest BCUT2D eigenvalue weighted by molar-refractivity contribution is 0.418. The van der Waals surface area contributed by atoms with E-state index in [2.05, 4.69) is 22.6 Å². The van der Waals surface area contributed by atoms with Crippen LogP contribution in [0.25, 0.3) is 39.4 Å². The van der Waals surface area contributed by atoms with Gasteiger partial charge in [-0.15, -0.1) is 12.6 Å². The summed E-state index contributed by atoms with van der Waals surface area (Å²) in [6.07, 6.45) is 1.92. The molecule has 0 saturated carbocycles. The molecule has 0 atom stereocenters. The molecule has 142 valence electrons. The molecule has 0 unspecified atom stereocenters. The van der Waals surface area contributed by atoms with Gasteiger partial charge in [-0.05, 0) is 59.5 Å². The third-order valence-corrected chi connectivity index (χ3v) is 4.61. The van der Waals surface area contributed by atoms with Crippen LogP contribution < -0.4 is 0 Å². The molecular formula is C24H24N2OS. The first-order chi connectivity index (χ1) is 14.1. The highest BCUT2D eigenvalue weighted by molar-refractivity contribution is 7.84. The number of hydrogen-bond acceptors (Lipinski definition) is 4. The Labute approximate surface area is 173 Å². The monoisotopic (exact) mass is 390 g/mol. The standard InChI is InChI=1S/C24H24N2OS/c1-15-8-10-19-18-6-5-7-20(22(18)27-23(19)26-15)21-11-9-16(14-25-21)12-17(28)13-24(2,3)4/h5-12,14,28H,13H2,1-4H3/b17-12-/i13D2. The Morgan fingerprint density at radius 2 is 1.96 bits per heavy atom. The summed E-state index contributed by atoms with van der Waals surface area (Å²) in [5.41, 5.74) is 4.22. The summed E-state index contributed by atoms with van der Waals surface area (Å²) in [5, 5.41) is 2.00. The van der Waals surface area contributed by atoms with Gasteiger partial charge in [0.25, 0.3) is 0 Å². The van der Waals surface area contributed by atoms with Gasteiger partial charge >= 0.3 is 0 Å². The second-order valence-electron chi connectivity index (χ2n) is 7.97.